The number of amides is 2. The molecule has 0 spiro atoms. The Labute approximate surface area is 146 Å². The van der Waals surface area contributed by atoms with Crippen LogP contribution in [0.4, 0.5) is 5.69 Å². The van der Waals surface area contributed by atoms with E-state index in [9.17, 15) is 14.4 Å². The van der Waals surface area contributed by atoms with Crippen LogP contribution in [-0.4, -0.2) is 42.4 Å². The Morgan fingerprint density at radius 2 is 2.00 bits per heavy atom. The molecule has 0 radical (unpaired) electrons. The molecule has 1 aromatic carbocycles. The summed E-state index contributed by atoms with van der Waals surface area (Å²) in [4.78, 5) is 37.3. The van der Waals surface area contributed by atoms with Crippen LogP contribution in [-0.2, 0) is 19.1 Å². The number of nitrogens with zero attached hydrogens (tertiary/aromatic N) is 1. The molecule has 0 aliphatic carbocycles. The summed E-state index contributed by atoms with van der Waals surface area (Å²) >= 11 is 5.77. The van der Waals surface area contributed by atoms with Gasteiger partial charge in [-0.15, -0.1) is 0 Å². The lowest BCUT2D eigenvalue weighted by Crippen LogP contribution is -2.42. The van der Waals surface area contributed by atoms with Gasteiger partial charge in [-0.3, -0.25) is 14.4 Å². The largest absolute Gasteiger partial charge is 0.455 e. The minimum atomic E-state index is -0.435. The number of rotatable bonds is 5. The molecule has 2 rings (SSSR count). The van der Waals surface area contributed by atoms with Gasteiger partial charge >= 0.3 is 5.97 Å². The standard InChI is InChI=1S/C17H21ClN2O4/c1-2-16(22)20-9-3-4-12(10-20)17(23)24-11-15(21)19-14-7-5-13(18)6-8-14/h5-8,12H,2-4,9-11H2,1H3,(H,19,21). The van der Waals surface area contributed by atoms with Crippen LogP contribution in [0.1, 0.15) is 26.2 Å². The van der Waals surface area contributed by atoms with Gasteiger partial charge in [-0.1, -0.05) is 18.5 Å². The van der Waals surface area contributed by atoms with Crippen LogP contribution in [0, 0.1) is 5.92 Å². The van der Waals surface area contributed by atoms with Gasteiger partial charge in [-0.2, -0.15) is 0 Å². The van der Waals surface area contributed by atoms with Gasteiger partial charge in [0.1, 0.15) is 0 Å². The van der Waals surface area contributed by atoms with Crippen molar-refractivity contribution in [3.63, 3.8) is 0 Å². The molecule has 130 valence electrons. The first-order valence-corrected chi connectivity index (χ1v) is 8.37. The second-order valence-corrected chi connectivity index (χ2v) is 6.13. The fraction of sp³-hybridized carbons (Fsp3) is 0.471. The minimum absolute atomic E-state index is 0.0352. The van der Waals surface area contributed by atoms with E-state index in [-0.39, 0.29) is 18.4 Å². The van der Waals surface area contributed by atoms with Crippen LogP contribution < -0.4 is 5.32 Å². The van der Waals surface area contributed by atoms with Crippen molar-refractivity contribution < 1.29 is 19.1 Å². The maximum atomic E-state index is 12.1. The SMILES string of the molecule is CCC(=O)N1CCCC(C(=O)OCC(=O)Nc2ccc(Cl)cc2)C1. The fourth-order valence-electron chi connectivity index (χ4n) is 2.60. The number of carbonyl (C=O) groups excluding carboxylic acids is 3. The molecule has 6 nitrogen and oxygen atoms in total. The highest BCUT2D eigenvalue weighted by atomic mass is 35.5. The summed E-state index contributed by atoms with van der Waals surface area (Å²) in [6.07, 6.45) is 1.86. The molecule has 0 bridgehead atoms. The van der Waals surface area contributed by atoms with Crippen molar-refractivity contribution in [2.24, 2.45) is 5.92 Å². The molecule has 1 heterocycles. The number of hydrogen-bond donors (Lipinski definition) is 1. The summed E-state index contributed by atoms with van der Waals surface area (Å²) in [6.45, 7) is 2.49. The zero-order valence-electron chi connectivity index (χ0n) is 13.6. The Kier molecular flexibility index (Phi) is 6.61. The Hall–Kier alpha value is -2.08. The maximum absolute atomic E-state index is 12.1. The van der Waals surface area contributed by atoms with E-state index >= 15 is 0 Å². The third-order valence-electron chi connectivity index (χ3n) is 3.88. The summed E-state index contributed by atoms with van der Waals surface area (Å²) in [6, 6.07) is 6.64. The number of benzene rings is 1. The normalized spacial score (nSPS) is 17.2. The first-order chi connectivity index (χ1) is 11.5. The topological polar surface area (TPSA) is 75.7 Å². The Morgan fingerprint density at radius 1 is 1.29 bits per heavy atom. The average molecular weight is 353 g/mol. The van der Waals surface area contributed by atoms with Crippen LogP contribution in [0.15, 0.2) is 24.3 Å². The molecule has 0 saturated carbocycles. The number of likely N-dealkylation sites (tertiary alicyclic amines) is 1. The molecule has 1 aliphatic rings. The highest BCUT2D eigenvalue weighted by molar-refractivity contribution is 6.30. The molecule has 1 N–H and O–H groups in total. The molecule has 1 aromatic rings. The summed E-state index contributed by atoms with van der Waals surface area (Å²) in [5.41, 5.74) is 0.581. The molecule has 7 heteroatoms. The Bertz CT molecular complexity index is 603. The van der Waals surface area contributed by atoms with Crippen molar-refractivity contribution in [3.05, 3.63) is 29.3 Å². The van der Waals surface area contributed by atoms with Crippen molar-refractivity contribution in [1.29, 1.82) is 0 Å². The lowest BCUT2D eigenvalue weighted by Gasteiger charge is -2.31. The summed E-state index contributed by atoms with van der Waals surface area (Å²) in [5.74, 6) is -1.18. The van der Waals surface area contributed by atoms with E-state index in [1.54, 1.807) is 36.1 Å². The molecule has 1 unspecified atom stereocenters. The van der Waals surface area contributed by atoms with Crippen molar-refractivity contribution in [2.45, 2.75) is 26.2 Å². The Balaban J connectivity index is 1.78. The zero-order chi connectivity index (χ0) is 17.5. The summed E-state index contributed by atoms with van der Waals surface area (Å²) < 4.78 is 5.09. The number of nitrogens with one attached hydrogen (secondary N) is 1. The van der Waals surface area contributed by atoms with Crippen molar-refractivity contribution >= 4 is 35.1 Å². The van der Waals surface area contributed by atoms with Crippen LogP contribution >= 0.6 is 11.6 Å². The Morgan fingerprint density at radius 3 is 2.67 bits per heavy atom. The van der Waals surface area contributed by atoms with Gasteiger partial charge in [-0.25, -0.2) is 0 Å². The quantitative estimate of drug-likeness (QED) is 0.826. The first-order valence-electron chi connectivity index (χ1n) is 7.99. The second-order valence-electron chi connectivity index (χ2n) is 5.70. The van der Waals surface area contributed by atoms with Gasteiger partial charge in [-0.05, 0) is 37.1 Å². The highest BCUT2D eigenvalue weighted by Gasteiger charge is 2.29. The lowest BCUT2D eigenvalue weighted by atomic mass is 9.98. The average Bonchev–Trinajstić information content (AvgIpc) is 2.61. The van der Waals surface area contributed by atoms with Gasteiger partial charge in [0.05, 0.1) is 5.92 Å². The minimum Gasteiger partial charge on any atom is -0.455 e. The molecule has 1 saturated heterocycles. The van der Waals surface area contributed by atoms with E-state index in [4.69, 9.17) is 16.3 Å². The lowest BCUT2D eigenvalue weighted by molar-refractivity contribution is -0.154. The predicted molar refractivity (Wildman–Crippen MR) is 90.6 cm³/mol. The molecule has 1 atom stereocenters. The van der Waals surface area contributed by atoms with E-state index in [1.165, 1.54) is 0 Å². The summed E-state index contributed by atoms with van der Waals surface area (Å²) in [5, 5.41) is 3.20. The number of esters is 1. The molecule has 1 fully saturated rings. The third kappa shape index (κ3) is 5.23. The smallest absolute Gasteiger partial charge is 0.311 e. The molecule has 24 heavy (non-hydrogen) atoms. The molecular formula is C17H21ClN2O4. The van der Waals surface area contributed by atoms with Crippen LogP contribution in [0.2, 0.25) is 5.02 Å². The van der Waals surface area contributed by atoms with Gasteiger partial charge in [0.15, 0.2) is 6.61 Å². The monoisotopic (exact) mass is 352 g/mol. The van der Waals surface area contributed by atoms with Gasteiger partial charge in [0.25, 0.3) is 5.91 Å². The van der Waals surface area contributed by atoms with Crippen molar-refractivity contribution in [1.82, 2.24) is 4.90 Å². The van der Waals surface area contributed by atoms with Crippen LogP contribution in [0.3, 0.4) is 0 Å². The van der Waals surface area contributed by atoms with E-state index in [2.05, 4.69) is 5.32 Å². The van der Waals surface area contributed by atoms with Crippen molar-refractivity contribution in [2.75, 3.05) is 25.0 Å². The number of halogens is 1. The molecule has 2 amide bonds. The number of anilines is 1. The van der Waals surface area contributed by atoms with Gasteiger partial charge in [0, 0.05) is 30.2 Å². The fourth-order valence-corrected chi connectivity index (χ4v) is 2.73. The van der Waals surface area contributed by atoms with Crippen LogP contribution in [0.5, 0.6) is 0 Å². The van der Waals surface area contributed by atoms with Gasteiger partial charge in [0.2, 0.25) is 5.91 Å². The molecule has 1 aliphatic heterocycles. The van der Waals surface area contributed by atoms with E-state index < -0.39 is 11.9 Å². The highest BCUT2D eigenvalue weighted by Crippen LogP contribution is 2.19. The number of piperidine rings is 1. The number of hydrogen-bond acceptors (Lipinski definition) is 4. The number of carbonyl (C=O) groups is 3. The van der Waals surface area contributed by atoms with E-state index in [0.717, 1.165) is 6.42 Å². The first kappa shape index (κ1) is 18.3. The molecule has 0 aromatic heterocycles. The predicted octanol–water partition coefficient (Wildman–Crippen LogP) is 2.47. The van der Waals surface area contributed by atoms with Crippen molar-refractivity contribution in [3.8, 4) is 0 Å². The number of ether oxygens (including phenoxy) is 1. The maximum Gasteiger partial charge on any atom is 0.311 e. The van der Waals surface area contributed by atoms with Gasteiger partial charge < -0.3 is 15.0 Å². The van der Waals surface area contributed by atoms with Crippen LogP contribution in [0.25, 0.3) is 0 Å². The zero-order valence-corrected chi connectivity index (χ0v) is 14.3. The van der Waals surface area contributed by atoms with E-state index in [0.29, 0.717) is 36.6 Å². The molecular weight excluding hydrogens is 332 g/mol. The van der Waals surface area contributed by atoms with E-state index in [1.807, 2.05) is 0 Å². The second kappa shape index (κ2) is 8.68. The summed E-state index contributed by atoms with van der Waals surface area (Å²) in [7, 11) is 0. The third-order valence-corrected chi connectivity index (χ3v) is 4.14.